The maximum absolute atomic E-state index is 12.5. The van der Waals surface area contributed by atoms with E-state index in [0.29, 0.717) is 28.7 Å². The lowest BCUT2D eigenvalue weighted by atomic mass is 10.1. The first kappa shape index (κ1) is 19.9. The Labute approximate surface area is 178 Å². The van der Waals surface area contributed by atoms with Gasteiger partial charge in [0.05, 0.1) is 18.5 Å². The summed E-state index contributed by atoms with van der Waals surface area (Å²) in [5, 5.41) is 5.20. The molecule has 0 spiro atoms. The van der Waals surface area contributed by atoms with Crippen molar-refractivity contribution in [1.29, 1.82) is 0 Å². The summed E-state index contributed by atoms with van der Waals surface area (Å²) in [6.07, 6.45) is 0.855. The number of hydrogen-bond acceptors (Lipinski definition) is 6. The van der Waals surface area contributed by atoms with E-state index in [4.69, 9.17) is 9.47 Å². The Morgan fingerprint density at radius 2 is 2.07 bits per heavy atom. The molecule has 154 valence electrons. The summed E-state index contributed by atoms with van der Waals surface area (Å²) in [5.41, 5.74) is 2.85. The Morgan fingerprint density at radius 1 is 1.27 bits per heavy atom. The Hall–Kier alpha value is -3.39. The summed E-state index contributed by atoms with van der Waals surface area (Å²) in [4.78, 5) is 31.0. The molecule has 1 N–H and O–H groups in total. The Balaban J connectivity index is 1.54. The first-order valence-electron chi connectivity index (χ1n) is 9.57. The number of methoxy groups -OCH3 is 1. The minimum absolute atomic E-state index is 0.0489. The number of ether oxygens (including phenoxy) is 2. The number of aromatic nitrogens is 1. The zero-order chi connectivity index (χ0) is 21.1. The number of amides is 2. The molecular formula is C22H21N3O4S. The topological polar surface area (TPSA) is 80.8 Å². The second-order valence-corrected chi connectivity index (χ2v) is 7.60. The molecule has 0 saturated carbocycles. The normalized spacial score (nSPS) is 12.9. The predicted molar refractivity (Wildman–Crippen MR) is 117 cm³/mol. The van der Waals surface area contributed by atoms with Crippen molar-refractivity contribution >= 4 is 34.0 Å². The number of carbonyl (C=O) groups is 2. The van der Waals surface area contributed by atoms with E-state index < -0.39 is 0 Å². The van der Waals surface area contributed by atoms with E-state index in [1.54, 1.807) is 36.3 Å². The summed E-state index contributed by atoms with van der Waals surface area (Å²) in [6, 6.07) is 12.5. The van der Waals surface area contributed by atoms with Crippen LogP contribution in [0.25, 0.3) is 11.3 Å². The molecule has 30 heavy (non-hydrogen) atoms. The Morgan fingerprint density at radius 3 is 2.80 bits per heavy atom. The molecule has 2 amide bonds. The van der Waals surface area contributed by atoms with E-state index in [2.05, 4.69) is 10.3 Å². The average Bonchev–Trinajstić information content (AvgIpc) is 3.24. The maximum Gasteiger partial charge on any atom is 0.265 e. The largest absolute Gasteiger partial charge is 0.497 e. The fourth-order valence-corrected chi connectivity index (χ4v) is 3.92. The maximum atomic E-state index is 12.5. The molecule has 3 aromatic rings. The van der Waals surface area contributed by atoms with Gasteiger partial charge in [0.15, 0.2) is 11.7 Å². The Bertz CT molecular complexity index is 1080. The zero-order valence-corrected chi connectivity index (χ0v) is 17.5. The van der Waals surface area contributed by atoms with Crippen LogP contribution in [0.4, 0.5) is 10.8 Å². The quantitative estimate of drug-likeness (QED) is 0.643. The minimum Gasteiger partial charge on any atom is -0.497 e. The molecule has 0 aliphatic carbocycles. The fourth-order valence-electron chi connectivity index (χ4n) is 3.21. The molecule has 0 saturated heterocycles. The highest BCUT2D eigenvalue weighted by Gasteiger charge is 2.25. The molecule has 1 aromatic heterocycles. The standard InChI is InChI=1S/C22H21N3O4S/c1-3-10-25-18-11-15(6-9-19(18)29-12-20(25)26)17-13-30-22(23-17)24-21(27)14-4-7-16(28-2)8-5-14/h4-9,11,13H,3,10,12H2,1-2H3,(H,23,24,27). The molecule has 0 atom stereocenters. The van der Waals surface area contributed by atoms with E-state index in [1.807, 2.05) is 30.5 Å². The molecule has 4 rings (SSSR count). The fraction of sp³-hybridized carbons (Fsp3) is 0.227. The summed E-state index contributed by atoms with van der Waals surface area (Å²) < 4.78 is 10.7. The van der Waals surface area contributed by atoms with Crippen molar-refractivity contribution in [2.45, 2.75) is 13.3 Å². The highest BCUT2D eigenvalue weighted by Crippen LogP contribution is 2.37. The number of rotatable bonds is 6. The van der Waals surface area contributed by atoms with E-state index in [1.165, 1.54) is 11.3 Å². The van der Waals surface area contributed by atoms with Gasteiger partial charge < -0.3 is 14.4 Å². The lowest BCUT2D eigenvalue weighted by Gasteiger charge is -2.29. The molecule has 2 heterocycles. The molecule has 2 aromatic carbocycles. The van der Waals surface area contributed by atoms with Crippen LogP contribution in [0.3, 0.4) is 0 Å². The van der Waals surface area contributed by atoms with Crippen LogP contribution in [-0.4, -0.2) is 37.1 Å². The number of benzene rings is 2. The number of hydrogen-bond donors (Lipinski definition) is 1. The van der Waals surface area contributed by atoms with Crippen LogP contribution in [0.15, 0.2) is 47.8 Å². The molecule has 1 aliphatic rings. The van der Waals surface area contributed by atoms with E-state index in [-0.39, 0.29) is 18.4 Å². The van der Waals surface area contributed by atoms with Crippen LogP contribution in [0, 0.1) is 0 Å². The molecular weight excluding hydrogens is 402 g/mol. The summed E-state index contributed by atoms with van der Waals surface area (Å²) in [7, 11) is 1.58. The summed E-state index contributed by atoms with van der Waals surface area (Å²) in [5.74, 6) is 1.09. The van der Waals surface area contributed by atoms with Crippen molar-refractivity contribution in [2.24, 2.45) is 0 Å². The third-order valence-corrected chi connectivity index (χ3v) is 5.48. The van der Waals surface area contributed by atoms with Crippen LogP contribution in [0.1, 0.15) is 23.7 Å². The van der Waals surface area contributed by atoms with Gasteiger partial charge in [-0.25, -0.2) is 4.98 Å². The van der Waals surface area contributed by atoms with Gasteiger partial charge in [-0.3, -0.25) is 14.9 Å². The van der Waals surface area contributed by atoms with Crippen molar-refractivity contribution in [3.8, 4) is 22.8 Å². The molecule has 7 nitrogen and oxygen atoms in total. The van der Waals surface area contributed by atoms with Gasteiger partial charge in [0.2, 0.25) is 0 Å². The molecule has 0 bridgehead atoms. The number of anilines is 2. The molecule has 0 unspecified atom stereocenters. The smallest absolute Gasteiger partial charge is 0.265 e. The van der Waals surface area contributed by atoms with Gasteiger partial charge >= 0.3 is 0 Å². The SMILES string of the molecule is CCCN1C(=O)COc2ccc(-c3csc(NC(=O)c4ccc(OC)cc4)n3)cc21. The van der Waals surface area contributed by atoms with Crippen LogP contribution < -0.4 is 19.7 Å². The number of carbonyl (C=O) groups excluding carboxylic acids is 2. The summed E-state index contributed by atoms with van der Waals surface area (Å²) in [6.45, 7) is 2.73. The lowest BCUT2D eigenvalue weighted by molar-refractivity contribution is -0.121. The van der Waals surface area contributed by atoms with Crippen LogP contribution >= 0.6 is 11.3 Å². The van der Waals surface area contributed by atoms with Gasteiger partial charge in [0.1, 0.15) is 11.5 Å². The molecule has 1 aliphatic heterocycles. The van der Waals surface area contributed by atoms with E-state index in [0.717, 1.165) is 23.4 Å². The molecule has 0 radical (unpaired) electrons. The molecule has 0 fully saturated rings. The summed E-state index contributed by atoms with van der Waals surface area (Å²) >= 11 is 1.34. The van der Waals surface area contributed by atoms with Crippen LogP contribution in [0.2, 0.25) is 0 Å². The second kappa shape index (κ2) is 8.54. The highest BCUT2D eigenvalue weighted by atomic mass is 32.1. The number of nitrogens with one attached hydrogen (secondary N) is 1. The monoisotopic (exact) mass is 423 g/mol. The number of thiazole rings is 1. The van der Waals surface area contributed by atoms with Gasteiger partial charge in [-0.2, -0.15) is 0 Å². The van der Waals surface area contributed by atoms with Gasteiger partial charge in [0.25, 0.3) is 11.8 Å². The van der Waals surface area contributed by atoms with Crippen molar-refractivity contribution in [1.82, 2.24) is 4.98 Å². The predicted octanol–water partition coefficient (Wildman–Crippen LogP) is 4.21. The first-order chi connectivity index (χ1) is 14.6. The van der Waals surface area contributed by atoms with E-state index >= 15 is 0 Å². The Kier molecular flexibility index (Phi) is 5.67. The van der Waals surface area contributed by atoms with Gasteiger partial charge in [0, 0.05) is 23.1 Å². The lowest BCUT2D eigenvalue weighted by Crippen LogP contribution is -2.39. The van der Waals surface area contributed by atoms with Gasteiger partial charge in [-0.05, 0) is 48.9 Å². The van der Waals surface area contributed by atoms with Crippen molar-refractivity contribution < 1.29 is 19.1 Å². The zero-order valence-electron chi connectivity index (χ0n) is 16.7. The first-order valence-corrected chi connectivity index (χ1v) is 10.5. The number of nitrogens with zero attached hydrogens (tertiary/aromatic N) is 2. The van der Waals surface area contributed by atoms with Gasteiger partial charge in [-0.1, -0.05) is 6.92 Å². The minimum atomic E-state index is -0.239. The van der Waals surface area contributed by atoms with E-state index in [9.17, 15) is 9.59 Å². The average molecular weight is 423 g/mol. The van der Waals surface area contributed by atoms with Crippen molar-refractivity contribution in [3.63, 3.8) is 0 Å². The third-order valence-electron chi connectivity index (χ3n) is 4.72. The van der Waals surface area contributed by atoms with Crippen molar-refractivity contribution in [3.05, 3.63) is 53.4 Å². The number of fused-ring (bicyclic) bond motifs is 1. The van der Waals surface area contributed by atoms with Crippen LogP contribution in [-0.2, 0) is 4.79 Å². The van der Waals surface area contributed by atoms with Gasteiger partial charge in [-0.15, -0.1) is 11.3 Å². The van der Waals surface area contributed by atoms with Crippen molar-refractivity contribution in [2.75, 3.05) is 30.5 Å². The molecule has 8 heteroatoms. The second-order valence-electron chi connectivity index (χ2n) is 6.74. The van der Waals surface area contributed by atoms with Crippen LogP contribution in [0.5, 0.6) is 11.5 Å². The third kappa shape index (κ3) is 3.99. The highest BCUT2D eigenvalue weighted by molar-refractivity contribution is 7.14.